The standard InChI is InChI=1S/C25H29FN4O2/c1-2-3-5-10-25(32)29-17-23(24(31)15-22(29)19-8-6-4-7-9-19)30-16-21(27-28-30)18-11-13-20(26)14-12-18/h4,6-9,11-14,16,22-24,31H,2-3,5,10,15,17H2,1H3/t22-,23+,24+/m0/s1. The Morgan fingerprint density at radius 3 is 2.59 bits per heavy atom. The van der Waals surface area contributed by atoms with Crippen LogP contribution < -0.4 is 0 Å². The molecule has 1 aliphatic heterocycles. The summed E-state index contributed by atoms with van der Waals surface area (Å²) >= 11 is 0. The molecular weight excluding hydrogens is 407 g/mol. The van der Waals surface area contributed by atoms with Crippen LogP contribution in [-0.2, 0) is 4.79 Å². The number of piperidine rings is 1. The van der Waals surface area contributed by atoms with Crippen molar-refractivity contribution in [3.63, 3.8) is 0 Å². The number of carbonyl (C=O) groups excluding carboxylic acids is 1. The Morgan fingerprint density at radius 2 is 1.88 bits per heavy atom. The molecule has 0 saturated carbocycles. The number of amides is 1. The van der Waals surface area contributed by atoms with Crippen molar-refractivity contribution in [2.24, 2.45) is 0 Å². The fourth-order valence-electron chi connectivity index (χ4n) is 4.35. The van der Waals surface area contributed by atoms with Crippen molar-refractivity contribution in [1.82, 2.24) is 19.9 Å². The summed E-state index contributed by atoms with van der Waals surface area (Å²) in [6.07, 6.45) is 4.94. The molecule has 168 valence electrons. The van der Waals surface area contributed by atoms with Gasteiger partial charge in [0.25, 0.3) is 0 Å². The topological polar surface area (TPSA) is 71.2 Å². The van der Waals surface area contributed by atoms with Crippen LogP contribution in [0, 0.1) is 5.82 Å². The Bertz CT molecular complexity index is 1020. The minimum Gasteiger partial charge on any atom is -0.391 e. The maximum Gasteiger partial charge on any atom is 0.223 e. The molecule has 0 aliphatic carbocycles. The van der Waals surface area contributed by atoms with Crippen LogP contribution in [0.5, 0.6) is 0 Å². The summed E-state index contributed by atoms with van der Waals surface area (Å²) < 4.78 is 14.9. The zero-order valence-corrected chi connectivity index (χ0v) is 18.3. The number of hydrogen-bond acceptors (Lipinski definition) is 4. The number of aromatic nitrogens is 3. The van der Waals surface area contributed by atoms with Crippen molar-refractivity contribution in [1.29, 1.82) is 0 Å². The highest BCUT2D eigenvalue weighted by molar-refractivity contribution is 5.77. The first-order chi connectivity index (χ1) is 15.6. The molecule has 3 atom stereocenters. The molecule has 4 rings (SSSR count). The fraction of sp³-hybridized carbons (Fsp3) is 0.400. The van der Waals surface area contributed by atoms with E-state index in [2.05, 4.69) is 17.2 Å². The molecule has 1 aromatic heterocycles. The molecule has 1 aliphatic rings. The van der Waals surface area contributed by atoms with Crippen LogP contribution in [0.25, 0.3) is 11.3 Å². The second-order valence-electron chi connectivity index (χ2n) is 8.39. The first-order valence-electron chi connectivity index (χ1n) is 11.3. The van der Waals surface area contributed by atoms with Gasteiger partial charge in [-0.3, -0.25) is 4.79 Å². The van der Waals surface area contributed by atoms with Gasteiger partial charge in [-0.1, -0.05) is 55.3 Å². The molecule has 0 unspecified atom stereocenters. The van der Waals surface area contributed by atoms with Crippen molar-refractivity contribution < 1.29 is 14.3 Å². The number of aliphatic hydroxyl groups is 1. The van der Waals surface area contributed by atoms with Crippen LogP contribution in [0.2, 0.25) is 0 Å². The molecular formula is C25H29FN4O2. The first kappa shape index (κ1) is 22.1. The third-order valence-electron chi connectivity index (χ3n) is 6.16. The average Bonchev–Trinajstić information content (AvgIpc) is 3.30. The highest BCUT2D eigenvalue weighted by Crippen LogP contribution is 2.36. The fourth-order valence-corrected chi connectivity index (χ4v) is 4.35. The summed E-state index contributed by atoms with van der Waals surface area (Å²) in [6, 6.07) is 15.4. The summed E-state index contributed by atoms with van der Waals surface area (Å²) in [5.74, 6) is -0.212. The molecule has 1 fully saturated rings. The zero-order valence-electron chi connectivity index (χ0n) is 18.3. The minimum atomic E-state index is -0.678. The number of benzene rings is 2. The molecule has 2 heterocycles. The second-order valence-corrected chi connectivity index (χ2v) is 8.39. The van der Waals surface area contributed by atoms with Gasteiger partial charge < -0.3 is 10.0 Å². The Balaban J connectivity index is 1.57. The molecule has 32 heavy (non-hydrogen) atoms. The number of hydrogen-bond donors (Lipinski definition) is 1. The predicted molar refractivity (Wildman–Crippen MR) is 120 cm³/mol. The Morgan fingerprint density at radius 1 is 1.12 bits per heavy atom. The lowest BCUT2D eigenvalue weighted by atomic mass is 9.90. The highest BCUT2D eigenvalue weighted by atomic mass is 19.1. The van der Waals surface area contributed by atoms with Gasteiger partial charge in [0.05, 0.1) is 24.4 Å². The molecule has 1 N–H and O–H groups in total. The highest BCUT2D eigenvalue weighted by Gasteiger charge is 2.39. The van der Waals surface area contributed by atoms with E-state index in [0.29, 0.717) is 25.1 Å². The molecule has 2 aromatic carbocycles. The van der Waals surface area contributed by atoms with Crippen LogP contribution in [0.1, 0.15) is 56.7 Å². The summed E-state index contributed by atoms with van der Waals surface area (Å²) in [5, 5.41) is 19.4. The van der Waals surface area contributed by atoms with Gasteiger partial charge in [-0.25, -0.2) is 9.07 Å². The minimum absolute atomic E-state index is 0.100. The smallest absolute Gasteiger partial charge is 0.223 e. The number of halogens is 1. The molecule has 7 heteroatoms. The summed E-state index contributed by atoms with van der Waals surface area (Å²) in [6.45, 7) is 2.48. The summed E-state index contributed by atoms with van der Waals surface area (Å²) in [4.78, 5) is 15.1. The number of likely N-dealkylation sites (tertiary alicyclic amines) is 1. The van der Waals surface area contributed by atoms with Gasteiger partial charge in [-0.15, -0.1) is 5.10 Å². The lowest BCUT2D eigenvalue weighted by Crippen LogP contribution is -2.48. The molecule has 0 radical (unpaired) electrons. The van der Waals surface area contributed by atoms with Gasteiger partial charge in [0.2, 0.25) is 5.91 Å². The lowest BCUT2D eigenvalue weighted by Gasteiger charge is -2.42. The van der Waals surface area contributed by atoms with Crippen molar-refractivity contribution in [3.05, 3.63) is 72.2 Å². The predicted octanol–water partition coefficient (Wildman–Crippen LogP) is 4.54. The average molecular weight is 437 g/mol. The van der Waals surface area contributed by atoms with Crippen molar-refractivity contribution >= 4 is 5.91 Å². The van der Waals surface area contributed by atoms with E-state index in [1.807, 2.05) is 35.2 Å². The molecule has 6 nitrogen and oxygen atoms in total. The van der Waals surface area contributed by atoms with Crippen LogP contribution in [0.4, 0.5) is 4.39 Å². The molecule has 3 aromatic rings. The lowest BCUT2D eigenvalue weighted by molar-refractivity contribution is -0.139. The number of rotatable bonds is 7. The van der Waals surface area contributed by atoms with E-state index in [0.717, 1.165) is 30.4 Å². The Labute approximate surface area is 187 Å². The van der Waals surface area contributed by atoms with Crippen molar-refractivity contribution in [2.75, 3.05) is 6.54 Å². The van der Waals surface area contributed by atoms with Gasteiger partial charge >= 0.3 is 0 Å². The number of nitrogens with zero attached hydrogens (tertiary/aromatic N) is 4. The third kappa shape index (κ3) is 4.88. The van der Waals surface area contributed by atoms with E-state index in [9.17, 15) is 14.3 Å². The van der Waals surface area contributed by atoms with Gasteiger partial charge in [-0.05, 0) is 36.2 Å². The molecule has 1 saturated heterocycles. The van der Waals surface area contributed by atoms with Gasteiger partial charge in [0, 0.05) is 24.9 Å². The maximum absolute atomic E-state index is 13.2. The summed E-state index contributed by atoms with van der Waals surface area (Å²) in [7, 11) is 0. The number of unbranched alkanes of at least 4 members (excludes halogenated alkanes) is 2. The van der Waals surface area contributed by atoms with E-state index in [1.165, 1.54) is 12.1 Å². The van der Waals surface area contributed by atoms with Gasteiger partial charge in [0.15, 0.2) is 0 Å². The van der Waals surface area contributed by atoms with E-state index in [-0.39, 0.29) is 17.8 Å². The monoisotopic (exact) mass is 436 g/mol. The maximum atomic E-state index is 13.2. The Kier molecular flexibility index (Phi) is 6.95. The number of carbonyl (C=O) groups is 1. The van der Waals surface area contributed by atoms with E-state index >= 15 is 0 Å². The van der Waals surface area contributed by atoms with E-state index in [4.69, 9.17) is 0 Å². The van der Waals surface area contributed by atoms with E-state index < -0.39 is 12.1 Å². The van der Waals surface area contributed by atoms with Crippen LogP contribution in [0.15, 0.2) is 60.8 Å². The van der Waals surface area contributed by atoms with Gasteiger partial charge in [-0.2, -0.15) is 0 Å². The molecule has 0 spiro atoms. The molecule has 0 bridgehead atoms. The Hall–Kier alpha value is -3.06. The first-order valence-corrected chi connectivity index (χ1v) is 11.3. The van der Waals surface area contributed by atoms with Crippen LogP contribution in [-0.4, -0.2) is 43.6 Å². The van der Waals surface area contributed by atoms with Gasteiger partial charge in [0.1, 0.15) is 11.5 Å². The second kappa shape index (κ2) is 10.0. The van der Waals surface area contributed by atoms with Crippen LogP contribution in [0.3, 0.4) is 0 Å². The van der Waals surface area contributed by atoms with E-state index in [1.54, 1.807) is 23.0 Å². The normalized spacial score (nSPS) is 21.0. The van der Waals surface area contributed by atoms with Crippen molar-refractivity contribution in [2.45, 2.75) is 57.2 Å². The largest absolute Gasteiger partial charge is 0.391 e. The summed E-state index contributed by atoms with van der Waals surface area (Å²) in [5.41, 5.74) is 2.38. The third-order valence-corrected chi connectivity index (χ3v) is 6.16. The molecule has 1 amide bonds. The SMILES string of the molecule is CCCCCC(=O)N1C[C@@H](n2cc(-c3ccc(F)cc3)nn2)[C@H](O)C[C@H]1c1ccccc1. The van der Waals surface area contributed by atoms with Crippen LogP contribution >= 0.6 is 0 Å². The van der Waals surface area contributed by atoms with Crippen molar-refractivity contribution in [3.8, 4) is 11.3 Å². The number of aliphatic hydroxyl groups excluding tert-OH is 1. The zero-order chi connectivity index (χ0) is 22.5. The quantitative estimate of drug-likeness (QED) is 0.552.